The van der Waals surface area contributed by atoms with Crippen LogP contribution in [0.1, 0.15) is 26.5 Å². The van der Waals surface area contributed by atoms with Gasteiger partial charge in [-0.05, 0) is 37.9 Å². The van der Waals surface area contributed by atoms with E-state index in [-0.39, 0.29) is 11.4 Å². The third-order valence-electron chi connectivity index (χ3n) is 5.30. The van der Waals surface area contributed by atoms with Crippen molar-refractivity contribution in [2.45, 2.75) is 36.5 Å². The molecule has 0 bridgehead atoms. The van der Waals surface area contributed by atoms with E-state index >= 15 is 0 Å². The van der Waals surface area contributed by atoms with E-state index in [9.17, 15) is 19.2 Å². The number of hydrogen-bond donors (Lipinski definition) is 1. The fourth-order valence-electron chi connectivity index (χ4n) is 3.41. The third-order valence-corrected chi connectivity index (χ3v) is 9.11. The molecule has 13 nitrogen and oxygen atoms in total. The van der Waals surface area contributed by atoms with Gasteiger partial charge in [-0.3, -0.25) is 19.3 Å². The first-order valence-electron chi connectivity index (χ1n) is 11.3. The highest BCUT2D eigenvalue weighted by Crippen LogP contribution is 2.42. The smallest absolute Gasteiger partial charge is 0.357 e. The molecule has 2 amide bonds. The molecule has 0 radical (unpaired) electrons. The van der Waals surface area contributed by atoms with Crippen LogP contribution in [0.4, 0.5) is 0 Å². The molecule has 0 spiro atoms. The first kappa shape index (κ1) is 29.0. The fourth-order valence-corrected chi connectivity index (χ4v) is 6.88. The van der Waals surface area contributed by atoms with E-state index in [0.717, 1.165) is 0 Å². The Morgan fingerprint density at radius 1 is 1.26 bits per heavy atom. The summed E-state index contributed by atoms with van der Waals surface area (Å²) in [5, 5.41) is 7.51. The number of β-lactam (4-membered cyclic amide) rings is 1. The summed E-state index contributed by atoms with van der Waals surface area (Å²) in [5.74, 6) is -1.73. The van der Waals surface area contributed by atoms with Crippen molar-refractivity contribution in [2.24, 2.45) is 10.6 Å². The van der Waals surface area contributed by atoms with Gasteiger partial charge in [-0.15, -0.1) is 23.1 Å². The number of nitrogens with zero attached hydrogens (tertiary/aromatic N) is 5. The molecule has 1 saturated heterocycles. The lowest BCUT2D eigenvalue weighted by Gasteiger charge is -2.49. The standard InChI is InChI=1S/C22H24N6O7S4/c1-22(2,3)20(32)35-10-34-19(31)15-11(6-38-21-23-8-25-39-21)5-37-18-14(17(30)28(15)18)26-16(29)13(27-33-4)12-7-36-9-24-12/h7-9,14,18H,5-6,10H2,1-4H3,(H,26,29)/b27-13-/t14?,18-/m0/s1. The van der Waals surface area contributed by atoms with Gasteiger partial charge in [0, 0.05) is 16.9 Å². The van der Waals surface area contributed by atoms with Crippen LogP contribution in [-0.4, -0.2) is 85.5 Å². The van der Waals surface area contributed by atoms with Crippen LogP contribution in [0.25, 0.3) is 0 Å². The molecule has 2 atom stereocenters. The topological polar surface area (TPSA) is 162 Å². The number of esters is 2. The van der Waals surface area contributed by atoms with Gasteiger partial charge in [0.1, 0.15) is 36.2 Å². The summed E-state index contributed by atoms with van der Waals surface area (Å²) < 4.78 is 15.0. The van der Waals surface area contributed by atoms with Gasteiger partial charge in [0.15, 0.2) is 10.1 Å². The highest BCUT2D eigenvalue weighted by molar-refractivity contribution is 8.01. The summed E-state index contributed by atoms with van der Waals surface area (Å²) >= 11 is 5.26. The minimum absolute atomic E-state index is 0.0587. The first-order chi connectivity index (χ1) is 18.6. The largest absolute Gasteiger partial charge is 0.427 e. The highest BCUT2D eigenvalue weighted by atomic mass is 32.2. The molecule has 39 heavy (non-hydrogen) atoms. The fraction of sp³-hybridized carbons (Fsp3) is 0.455. The number of aromatic nitrogens is 3. The van der Waals surface area contributed by atoms with Gasteiger partial charge < -0.3 is 19.6 Å². The molecule has 2 aliphatic rings. The van der Waals surface area contributed by atoms with Gasteiger partial charge in [-0.1, -0.05) is 16.9 Å². The predicted octanol–water partition coefficient (Wildman–Crippen LogP) is 1.88. The average molecular weight is 613 g/mol. The summed E-state index contributed by atoms with van der Waals surface area (Å²) in [7, 11) is 1.30. The Morgan fingerprint density at radius 3 is 2.69 bits per heavy atom. The quantitative estimate of drug-likeness (QED) is 0.104. The molecule has 1 unspecified atom stereocenters. The SMILES string of the molecule is CO/N=C(\C(=O)NC1C(=O)N2C(C(=O)OCOC(=O)C(C)(C)C)=C(CSc3ncns3)CS[C@@H]12)c1cscn1. The zero-order chi connectivity index (χ0) is 28.2. The number of nitrogens with one attached hydrogen (secondary N) is 1. The van der Waals surface area contributed by atoms with Crippen LogP contribution in [0.2, 0.25) is 0 Å². The Hall–Kier alpha value is -3.02. The molecular weight excluding hydrogens is 589 g/mol. The minimum atomic E-state index is -0.915. The summed E-state index contributed by atoms with van der Waals surface area (Å²) in [6, 6.07) is -0.915. The van der Waals surface area contributed by atoms with Gasteiger partial charge in [0.2, 0.25) is 6.79 Å². The Balaban J connectivity index is 1.50. The Kier molecular flexibility index (Phi) is 9.24. The molecule has 0 saturated carbocycles. The van der Waals surface area contributed by atoms with Crippen LogP contribution in [0.5, 0.6) is 0 Å². The van der Waals surface area contributed by atoms with Crippen LogP contribution in [0, 0.1) is 5.41 Å². The van der Waals surface area contributed by atoms with Crippen molar-refractivity contribution in [3.63, 3.8) is 0 Å². The van der Waals surface area contributed by atoms with Gasteiger partial charge in [-0.25, -0.2) is 14.8 Å². The van der Waals surface area contributed by atoms with E-state index in [2.05, 4.69) is 24.8 Å². The molecule has 4 rings (SSSR count). The number of thioether (sulfide) groups is 2. The van der Waals surface area contributed by atoms with Crippen LogP contribution in [-0.2, 0) is 33.5 Å². The monoisotopic (exact) mass is 612 g/mol. The molecule has 4 heterocycles. The number of fused-ring (bicyclic) bond motifs is 1. The molecule has 0 aromatic carbocycles. The number of rotatable bonds is 10. The second-order valence-electron chi connectivity index (χ2n) is 9.04. The Labute approximate surface area is 239 Å². The maximum atomic E-state index is 13.3. The van der Waals surface area contributed by atoms with Crippen molar-refractivity contribution < 1.29 is 33.5 Å². The summed E-state index contributed by atoms with van der Waals surface area (Å²) in [6.45, 7) is 4.43. The molecular formula is C22H24N6O7S4. The lowest BCUT2D eigenvalue weighted by molar-refractivity contribution is -0.173. The third kappa shape index (κ3) is 6.59. The van der Waals surface area contributed by atoms with Crippen molar-refractivity contribution in [1.82, 2.24) is 24.6 Å². The van der Waals surface area contributed by atoms with Gasteiger partial charge in [-0.2, -0.15) is 4.37 Å². The van der Waals surface area contributed by atoms with Crippen molar-refractivity contribution in [3.05, 3.63) is 34.2 Å². The van der Waals surface area contributed by atoms with Crippen LogP contribution in [0.3, 0.4) is 0 Å². The predicted molar refractivity (Wildman–Crippen MR) is 145 cm³/mol. The van der Waals surface area contributed by atoms with E-state index in [1.54, 1.807) is 31.7 Å². The van der Waals surface area contributed by atoms with E-state index in [0.29, 0.717) is 27.1 Å². The summed E-state index contributed by atoms with van der Waals surface area (Å²) in [5.41, 5.74) is 1.71. The number of thiazole rings is 1. The molecule has 2 aliphatic heterocycles. The molecule has 1 N–H and O–H groups in total. The lowest BCUT2D eigenvalue weighted by atomic mass is 9.98. The number of carbonyl (C=O) groups is 4. The molecule has 208 valence electrons. The lowest BCUT2D eigenvalue weighted by Crippen LogP contribution is -2.71. The molecule has 2 aromatic heterocycles. The second-order valence-corrected chi connectivity index (χ2v) is 12.9. The van der Waals surface area contributed by atoms with Crippen molar-refractivity contribution in [2.75, 3.05) is 25.4 Å². The van der Waals surface area contributed by atoms with Crippen molar-refractivity contribution in [3.8, 4) is 0 Å². The normalized spacial score (nSPS) is 19.2. The maximum Gasteiger partial charge on any atom is 0.357 e. The van der Waals surface area contributed by atoms with E-state index in [1.807, 2.05) is 0 Å². The van der Waals surface area contributed by atoms with E-state index < -0.39 is 47.4 Å². The van der Waals surface area contributed by atoms with Crippen LogP contribution >= 0.6 is 46.4 Å². The summed E-state index contributed by atoms with van der Waals surface area (Å²) in [4.78, 5) is 65.8. The number of amides is 2. The first-order valence-corrected chi connectivity index (χ1v) is 15.1. The van der Waals surface area contributed by atoms with Gasteiger partial charge in [0.25, 0.3) is 11.8 Å². The molecule has 1 fully saturated rings. The van der Waals surface area contributed by atoms with E-state index in [4.69, 9.17) is 14.3 Å². The zero-order valence-corrected chi connectivity index (χ0v) is 24.5. The average Bonchev–Trinajstić information content (AvgIpc) is 3.62. The second kappa shape index (κ2) is 12.4. The zero-order valence-electron chi connectivity index (χ0n) is 21.2. The van der Waals surface area contributed by atoms with Gasteiger partial charge in [0.05, 0.1) is 10.9 Å². The Morgan fingerprint density at radius 2 is 2.05 bits per heavy atom. The van der Waals surface area contributed by atoms with Crippen LogP contribution in [0.15, 0.2) is 38.0 Å². The van der Waals surface area contributed by atoms with E-state index in [1.165, 1.54) is 64.7 Å². The number of hydrogen-bond acceptors (Lipinski definition) is 15. The minimum Gasteiger partial charge on any atom is -0.427 e. The molecule has 0 aliphatic carbocycles. The highest BCUT2D eigenvalue weighted by Gasteiger charge is 2.54. The Bertz CT molecular complexity index is 1290. The van der Waals surface area contributed by atoms with Crippen molar-refractivity contribution >= 4 is 75.9 Å². The number of carbonyl (C=O) groups excluding carboxylic acids is 4. The van der Waals surface area contributed by atoms with Gasteiger partial charge >= 0.3 is 11.9 Å². The molecule has 2 aromatic rings. The number of oxime groups is 1. The van der Waals surface area contributed by atoms with Crippen LogP contribution < -0.4 is 5.32 Å². The van der Waals surface area contributed by atoms with Crippen molar-refractivity contribution in [1.29, 1.82) is 0 Å². The molecule has 17 heteroatoms. The summed E-state index contributed by atoms with van der Waals surface area (Å²) in [6.07, 6.45) is 1.44. The maximum absolute atomic E-state index is 13.3. The number of ether oxygens (including phenoxy) is 2.